The number of nitrogens with two attached hydrogens (primary N) is 1. The number of hydrogen-bond donors (Lipinski definition) is 1. The van der Waals surface area contributed by atoms with Crippen LogP contribution in [0.15, 0.2) is 24.3 Å². The summed E-state index contributed by atoms with van der Waals surface area (Å²) in [6.07, 6.45) is 3.41. The van der Waals surface area contributed by atoms with Gasteiger partial charge in [-0.2, -0.15) is 0 Å². The molecule has 0 saturated heterocycles. The van der Waals surface area contributed by atoms with Gasteiger partial charge in [-0.25, -0.2) is 0 Å². The van der Waals surface area contributed by atoms with Gasteiger partial charge in [0.1, 0.15) is 0 Å². The molecule has 0 saturated carbocycles. The zero-order valence-corrected chi connectivity index (χ0v) is 14.1. The molecule has 0 amide bonds. The standard InChI is InChI=1S/C18H31N3/c1-5-21(15(2)13-20(3)4)18(14-19)11-10-16-8-6-7-9-17(16)12-18/h6-9,15H,5,10-14,19H2,1-4H3. The first-order chi connectivity index (χ1) is 10.0. The molecule has 0 fully saturated rings. The number of rotatable bonds is 6. The quantitative estimate of drug-likeness (QED) is 0.871. The molecule has 1 aliphatic carbocycles. The Morgan fingerprint density at radius 2 is 1.90 bits per heavy atom. The fourth-order valence-electron chi connectivity index (χ4n) is 4.06. The lowest BCUT2D eigenvalue weighted by Gasteiger charge is -2.49. The molecule has 0 heterocycles. The van der Waals surface area contributed by atoms with Gasteiger partial charge in [0, 0.05) is 24.7 Å². The van der Waals surface area contributed by atoms with Gasteiger partial charge in [-0.15, -0.1) is 0 Å². The van der Waals surface area contributed by atoms with Crippen LogP contribution in [0, 0.1) is 0 Å². The SMILES string of the molecule is CCN(C(C)CN(C)C)C1(CN)CCc2ccccc2C1. The number of hydrogen-bond acceptors (Lipinski definition) is 3. The summed E-state index contributed by atoms with van der Waals surface area (Å²) in [5.41, 5.74) is 9.41. The van der Waals surface area contributed by atoms with E-state index in [0.29, 0.717) is 6.04 Å². The normalized spacial score (nSPS) is 23.4. The van der Waals surface area contributed by atoms with E-state index in [1.165, 1.54) is 17.5 Å². The smallest absolute Gasteiger partial charge is 0.0378 e. The molecule has 3 heteroatoms. The first-order valence-corrected chi connectivity index (χ1v) is 8.20. The minimum absolute atomic E-state index is 0.124. The van der Waals surface area contributed by atoms with E-state index in [2.05, 4.69) is 62.0 Å². The Labute approximate surface area is 130 Å². The molecule has 0 radical (unpaired) electrons. The average Bonchev–Trinajstić information content (AvgIpc) is 2.47. The third-order valence-electron chi connectivity index (χ3n) is 4.99. The molecule has 2 unspecified atom stereocenters. The third-order valence-corrected chi connectivity index (χ3v) is 4.99. The Balaban J connectivity index is 2.25. The van der Waals surface area contributed by atoms with E-state index in [0.717, 1.165) is 32.5 Å². The van der Waals surface area contributed by atoms with Gasteiger partial charge < -0.3 is 10.6 Å². The van der Waals surface area contributed by atoms with Gasteiger partial charge in [0.05, 0.1) is 0 Å². The molecule has 1 aromatic rings. The van der Waals surface area contributed by atoms with Crippen molar-refractivity contribution in [2.75, 3.05) is 33.7 Å². The largest absolute Gasteiger partial charge is 0.329 e. The van der Waals surface area contributed by atoms with Gasteiger partial charge in [0.25, 0.3) is 0 Å². The number of likely N-dealkylation sites (N-methyl/N-ethyl adjacent to an activating group) is 2. The lowest BCUT2D eigenvalue weighted by atomic mass is 9.76. The Hall–Kier alpha value is -0.900. The van der Waals surface area contributed by atoms with Crippen LogP contribution in [-0.2, 0) is 12.8 Å². The summed E-state index contributed by atoms with van der Waals surface area (Å²) in [6, 6.07) is 9.39. The number of nitrogens with zero attached hydrogens (tertiary/aromatic N) is 2. The van der Waals surface area contributed by atoms with Crippen molar-refractivity contribution in [3.63, 3.8) is 0 Å². The first kappa shape index (κ1) is 16.5. The summed E-state index contributed by atoms with van der Waals surface area (Å²) in [7, 11) is 4.30. The molecule has 21 heavy (non-hydrogen) atoms. The van der Waals surface area contributed by atoms with Gasteiger partial charge in [-0.3, -0.25) is 4.90 Å². The van der Waals surface area contributed by atoms with Crippen LogP contribution >= 0.6 is 0 Å². The molecular formula is C18H31N3. The average molecular weight is 289 g/mol. The fourth-order valence-corrected chi connectivity index (χ4v) is 4.06. The summed E-state index contributed by atoms with van der Waals surface area (Å²) >= 11 is 0. The second kappa shape index (κ2) is 6.91. The van der Waals surface area contributed by atoms with E-state index >= 15 is 0 Å². The van der Waals surface area contributed by atoms with Gasteiger partial charge in [0.15, 0.2) is 0 Å². The van der Waals surface area contributed by atoms with Crippen LogP contribution in [0.3, 0.4) is 0 Å². The van der Waals surface area contributed by atoms with Crippen LogP contribution in [-0.4, -0.2) is 55.1 Å². The maximum Gasteiger partial charge on any atom is 0.0378 e. The van der Waals surface area contributed by atoms with Crippen LogP contribution in [0.1, 0.15) is 31.4 Å². The molecule has 3 nitrogen and oxygen atoms in total. The van der Waals surface area contributed by atoms with Crippen molar-refractivity contribution in [2.24, 2.45) is 5.73 Å². The second-order valence-electron chi connectivity index (χ2n) is 6.77. The Kier molecular flexibility index (Phi) is 5.42. The van der Waals surface area contributed by atoms with Crippen LogP contribution in [0.25, 0.3) is 0 Å². The summed E-state index contributed by atoms with van der Waals surface area (Å²) in [5, 5.41) is 0. The predicted molar refractivity (Wildman–Crippen MR) is 90.6 cm³/mol. The molecule has 2 N–H and O–H groups in total. The van der Waals surface area contributed by atoms with E-state index in [-0.39, 0.29) is 5.54 Å². The molecular weight excluding hydrogens is 258 g/mol. The topological polar surface area (TPSA) is 32.5 Å². The molecule has 0 aromatic heterocycles. The predicted octanol–water partition coefficient (Wildman–Crippen LogP) is 2.14. The van der Waals surface area contributed by atoms with Crippen molar-refractivity contribution in [2.45, 2.75) is 44.7 Å². The molecule has 1 aromatic carbocycles. The van der Waals surface area contributed by atoms with E-state index < -0.39 is 0 Å². The van der Waals surface area contributed by atoms with E-state index in [9.17, 15) is 0 Å². The lowest BCUT2D eigenvalue weighted by molar-refractivity contribution is 0.0374. The minimum atomic E-state index is 0.124. The molecule has 2 atom stereocenters. The Morgan fingerprint density at radius 3 is 2.48 bits per heavy atom. The Bertz CT molecular complexity index is 458. The highest BCUT2D eigenvalue weighted by Gasteiger charge is 2.39. The van der Waals surface area contributed by atoms with Crippen LogP contribution in [0.4, 0.5) is 0 Å². The maximum atomic E-state index is 6.29. The van der Waals surface area contributed by atoms with Crippen molar-refractivity contribution in [1.82, 2.24) is 9.80 Å². The van der Waals surface area contributed by atoms with Crippen molar-refractivity contribution < 1.29 is 0 Å². The van der Waals surface area contributed by atoms with Gasteiger partial charge in [-0.05, 0) is 58.0 Å². The number of benzene rings is 1. The van der Waals surface area contributed by atoms with E-state index in [1.54, 1.807) is 0 Å². The van der Waals surface area contributed by atoms with E-state index in [1.807, 2.05) is 0 Å². The highest BCUT2D eigenvalue weighted by molar-refractivity contribution is 5.32. The zero-order valence-electron chi connectivity index (χ0n) is 14.1. The maximum absolute atomic E-state index is 6.29. The van der Waals surface area contributed by atoms with Crippen LogP contribution in [0.2, 0.25) is 0 Å². The summed E-state index contributed by atoms with van der Waals surface area (Å²) in [4.78, 5) is 4.91. The molecule has 0 bridgehead atoms. The molecule has 1 aliphatic rings. The van der Waals surface area contributed by atoms with Gasteiger partial charge in [0.2, 0.25) is 0 Å². The summed E-state index contributed by atoms with van der Waals surface area (Å²) in [5.74, 6) is 0. The summed E-state index contributed by atoms with van der Waals surface area (Å²) in [6.45, 7) is 7.49. The van der Waals surface area contributed by atoms with Crippen molar-refractivity contribution in [3.05, 3.63) is 35.4 Å². The fraction of sp³-hybridized carbons (Fsp3) is 0.667. The lowest BCUT2D eigenvalue weighted by Crippen LogP contribution is -2.61. The monoisotopic (exact) mass is 289 g/mol. The highest BCUT2D eigenvalue weighted by Crippen LogP contribution is 2.34. The Morgan fingerprint density at radius 1 is 1.24 bits per heavy atom. The van der Waals surface area contributed by atoms with Gasteiger partial charge in [-0.1, -0.05) is 31.2 Å². The van der Waals surface area contributed by atoms with E-state index in [4.69, 9.17) is 5.73 Å². The second-order valence-corrected chi connectivity index (χ2v) is 6.77. The van der Waals surface area contributed by atoms with Crippen LogP contribution in [0.5, 0.6) is 0 Å². The molecule has 0 aliphatic heterocycles. The highest BCUT2D eigenvalue weighted by atomic mass is 15.3. The zero-order chi connectivity index (χ0) is 15.5. The first-order valence-electron chi connectivity index (χ1n) is 8.20. The third kappa shape index (κ3) is 3.47. The van der Waals surface area contributed by atoms with Gasteiger partial charge >= 0.3 is 0 Å². The van der Waals surface area contributed by atoms with Crippen molar-refractivity contribution in [1.29, 1.82) is 0 Å². The minimum Gasteiger partial charge on any atom is -0.329 e. The molecule has 0 spiro atoms. The molecule has 118 valence electrons. The molecule has 2 rings (SSSR count). The number of aryl methyl sites for hydroxylation is 1. The van der Waals surface area contributed by atoms with Crippen LogP contribution < -0.4 is 5.73 Å². The number of fused-ring (bicyclic) bond motifs is 1. The summed E-state index contributed by atoms with van der Waals surface area (Å²) < 4.78 is 0. The van der Waals surface area contributed by atoms with Crippen molar-refractivity contribution >= 4 is 0 Å². The van der Waals surface area contributed by atoms with Crippen molar-refractivity contribution in [3.8, 4) is 0 Å².